The molecule has 0 amide bonds. The van der Waals surface area contributed by atoms with E-state index in [2.05, 4.69) is 33.1 Å². The van der Waals surface area contributed by atoms with Crippen molar-refractivity contribution in [3.63, 3.8) is 0 Å². The number of carbonyl (C=O) groups excluding carboxylic acids is 1. The molecule has 2 nitrogen and oxygen atoms in total. The second-order valence-electron chi connectivity index (χ2n) is 9.36. The van der Waals surface area contributed by atoms with Crippen LogP contribution in [0.2, 0.25) is 0 Å². The maximum Gasteiger partial charge on any atom is 0.178 e. The average molecular weight is 338 g/mol. The highest BCUT2D eigenvalue weighted by molar-refractivity contribution is 6.01. The van der Waals surface area contributed by atoms with E-state index in [1.54, 1.807) is 6.08 Å². The van der Waals surface area contributed by atoms with Gasteiger partial charge in [0, 0.05) is 11.0 Å². The molecule has 0 aliphatic heterocycles. The van der Waals surface area contributed by atoms with Crippen molar-refractivity contribution in [1.29, 1.82) is 0 Å². The van der Waals surface area contributed by atoms with E-state index < -0.39 is 0 Å². The molecule has 2 N–H and O–H groups in total. The van der Waals surface area contributed by atoms with Gasteiger partial charge in [0.15, 0.2) is 5.78 Å². The Kier molecular flexibility index (Phi) is 3.61. The van der Waals surface area contributed by atoms with Crippen LogP contribution in [0.25, 0.3) is 0 Å². The number of fused-ring (bicyclic) bond motifs is 5. The zero-order valence-corrected chi connectivity index (χ0v) is 15.7. The minimum atomic E-state index is -0.139. The van der Waals surface area contributed by atoms with E-state index in [1.807, 2.05) is 12.2 Å². The maximum atomic E-state index is 11.9. The van der Waals surface area contributed by atoms with Crippen LogP contribution in [0.15, 0.2) is 48.6 Å². The summed E-state index contributed by atoms with van der Waals surface area (Å²) >= 11 is 0. The molecule has 3 saturated carbocycles. The van der Waals surface area contributed by atoms with E-state index >= 15 is 0 Å². The number of hydrogen-bond acceptors (Lipinski definition) is 2. The van der Waals surface area contributed by atoms with Crippen molar-refractivity contribution in [3.05, 3.63) is 48.6 Å². The van der Waals surface area contributed by atoms with Gasteiger partial charge in [-0.1, -0.05) is 50.3 Å². The SMILES string of the molecule is C=CC(=C)C1CC[C@@H]2C1(C)CCC1C3(C)C=CC(=O)C=C3CCC12N. The molecule has 0 heterocycles. The summed E-state index contributed by atoms with van der Waals surface area (Å²) in [6.07, 6.45) is 14.4. The molecule has 3 fully saturated rings. The fourth-order valence-corrected chi connectivity index (χ4v) is 7.16. The van der Waals surface area contributed by atoms with Crippen molar-refractivity contribution in [2.24, 2.45) is 34.3 Å². The molecule has 5 unspecified atom stereocenters. The Hall–Kier alpha value is -1.41. The van der Waals surface area contributed by atoms with Crippen LogP contribution < -0.4 is 5.73 Å². The van der Waals surface area contributed by atoms with Crippen LogP contribution in [-0.4, -0.2) is 11.3 Å². The number of rotatable bonds is 2. The van der Waals surface area contributed by atoms with E-state index in [9.17, 15) is 4.79 Å². The van der Waals surface area contributed by atoms with Gasteiger partial charge in [-0.2, -0.15) is 0 Å². The van der Waals surface area contributed by atoms with Crippen molar-refractivity contribution in [1.82, 2.24) is 0 Å². The Morgan fingerprint density at radius 3 is 2.72 bits per heavy atom. The normalized spacial score (nSPS) is 48.2. The lowest BCUT2D eigenvalue weighted by Crippen LogP contribution is -2.66. The molecule has 0 radical (unpaired) electrons. The summed E-state index contributed by atoms with van der Waals surface area (Å²) in [6.45, 7) is 13.0. The van der Waals surface area contributed by atoms with Crippen LogP contribution in [0.4, 0.5) is 0 Å². The fourth-order valence-electron chi connectivity index (χ4n) is 7.16. The fraction of sp³-hybridized carbons (Fsp3) is 0.609. The smallest absolute Gasteiger partial charge is 0.178 e. The third kappa shape index (κ3) is 2.10. The van der Waals surface area contributed by atoms with Crippen molar-refractivity contribution in [3.8, 4) is 0 Å². The third-order valence-electron chi connectivity index (χ3n) is 8.47. The first kappa shape index (κ1) is 17.0. The predicted molar refractivity (Wildman–Crippen MR) is 103 cm³/mol. The van der Waals surface area contributed by atoms with Crippen LogP contribution >= 0.6 is 0 Å². The van der Waals surface area contributed by atoms with Crippen molar-refractivity contribution < 1.29 is 4.79 Å². The first-order valence-electron chi connectivity index (χ1n) is 9.80. The van der Waals surface area contributed by atoms with Gasteiger partial charge in [-0.05, 0) is 73.8 Å². The third-order valence-corrected chi connectivity index (χ3v) is 8.47. The van der Waals surface area contributed by atoms with Gasteiger partial charge in [0.25, 0.3) is 0 Å². The highest BCUT2D eigenvalue weighted by Crippen LogP contribution is 2.67. The molecular formula is C23H31NO. The Bertz CT molecular complexity index is 716. The summed E-state index contributed by atoms with van der Waals surface area (Å²) in [5, 5.41) is 0. The Labute approximate surface area is 151 Å². The Morgan fingerprint density at radius 1 is 1.24 bits per heavy atom. The van der Waals surface area contributed by atoms with Gasteiger partial charge in [0.05, 0.1) is 0 Å². The molecule has 0 bridgehead atoms. The largest absolute Gasteiger partial charge is 0.325 e. The molecule has 4 aliphatic carbocycles. The molecule has 4 rings (SSSR count). The number of nitrogens with two attached hydrogens (primary N) is 1. The van der Waals surface area contributed by atoms with Gasteiger partial charge in [-0.3, -0.25) is 4.79 Å². The van der Waals surface area contributed by atoms with Gasteiger partial charge in [0.2, 0.25) is 0 Å². The summed E-state index contributed by atoms with van der Waals surface area (Å²) in [6, 6.07) is 0. The van der Waals surface area contributed by atoms with Gasteiger partial charge >= 0.3 is 0 Å². The lowest BCUT2D eigenvalue weighted by molar-refractivity contribution is -0.111. The molecule has 6 atom stereocenters. The summed E-state index contributed by atoms with van der Waals surface area (Å²) in [5.41, 5.74) is 9.82. The number of ketones is 1. The Balaban J connectivity index is 1.74. The van der Waals surface area contributed by atoms with Crippen molar-refractivity contribution in [2.45, 2.75) is 57.9 Å². The second kappa shape index (κ2) is 5.30. The highest BCUT2D eigenvalue weighted by Gasteiger charge is 2.64. The van der Waals surface area contributed by atoms with E-state index in [4.69, 9.17) is 5.73 Å². The maximum absolute atomic E-state index is 11.9. The molecule has 4 aliphatic rings. The molecular weight excluding hydrogens is 306 g/mol. The zero-order valence-electron chi connectivity index (χ0n) is 15.7. The molecule has 25 heavy (non-hydrogen) atoms. The van der Waals surface area contributed by atoms with E-state index in [0.29, 0.717) is 17.8 Å². The summed E-state index contributed by atoms with van der Waals surface area (Å²) in [5.74, 6) is 1.62. The van der Waals surface area contributed by atoms with Crippen LogP contribution in [0.3, 0.4) is 0 Å². The molecule has 134 valence electrons. The van der Waals surface area contributed by atoms with Crippen molar-refractivity contribution in [2.75, 3.05) is 0 Å². The van der Waals surface area contributed by atoms with Gasteiger partial charge in [-0.15, -0.1) is 0 Å². The summed E-state index contributed by atoms with van der Waals surface area (Å²) < 4.78 is 0. The second-order valence-corrected chi connectivity index (χ2v) is 9.36. The monoisotopic (exact) mass is 337 g/mol. The first-order chi connectivity index (χ1) is 11.8. The van der Waals surface area contributed by atoms with Gasteiger partial charge in [0.1, 0.15) is 0 Å². The van der Waals surface area contributed by atoms with Crippen LogP contribution in [0, 0.1) is 28.6 Å². The number of carbonyl (C=O) groups is 1. The highest BCUT2D eigenvalue weighted by atomic mass is 16.1. The minimum absolute atomic E-state index is 0.0459. The predicted octanol–water partition coefficient (Wildman–Crippen LogP) is 4.73. The zero-order chi connectivity index (χ0) is 18.0. The lowest BCUT2D eigenvalue weighted by atomic mass is 9.44. The molecule has 2 heteroatoms. The molecule has 0 spiro atoms. The van der Waals surface area contributed by atoms with Crippen LogP contribution in [-0.2, 0) is 4.79 Å². The molecule has 0 aromatic rings. The summed E-state index contributed by atoms with van der Waals surface area (Å²) in [7, 11) is 0. The van der Waals surface area contributed by atoms with Crippen LogP contribution in [0.1, 0.15) is 52.4 Å². The molecule has 0 saturated heterocycles. The van der Waals surface area contributed by atoms with E-state index in [0.717, 1.165) is 19.3 Å². The van der Waals surface area contributed by atoms with Crippen LogP contribution in [0.5, 0.6) is 0 Å². The minimum Gasteiger partial charge on any atom is -0.325 e. The Morgan fingerprint density at radius 2 is 2.00 bits per heavy atom. The molecule has 0 aromatic carbocycles. The molecule has 0 aromatic heterocycles. The van der Waals surface area contributed by atoms with Crippen molar-refractivity contribution >= 4 is 5.78 Å². The van der Waals surface area contributed by atoms with E-state index in [-0.39, 0.29) is 22.2 Å². The standard InChI is InChI=1S/C23H31NO/c1-5-15(2)18-6-7-19-22(18,4)12-10-20-21(3)11-9-17(25)14-16(21)8-13-23(19,20)24/h5,9,11,14,18-20H,1-2,6-8,10,12-13,24H2,3-4H3/t18?,19-,20?,21?,22?,23?/m1/s1. The van der Waals surface area contributed by atoms with Gasteiger partial charge in [-0.25, -0.2) is 0 Å². The lowest BCUT2D eigenvalue weighted by Gasteiger charge is -2.62. The number of hydrogen-bond donors (Lipinski definition) is 1. The topological polar surface area (TPSA) is 43.1 Å². The van der Waals surface area contributed by atoms with Gasteiger partial charge < -0.3 is 5.73 Å². The quantitative estimate of drug-likeness (QED) is 0.740. The average Bonchev–Trinajstić information content (AvgIpc) is 2.93. The first-order valence-corrected chi connectivity index (χ1v) is 9.80. The number of allylic oxidation sites excluding steroid dienone is 6. The summed E-state index contributed by atoms with van der Waals surface area (Å²) in [4.78, 5) is 11.9. The van der Waals surface area contributed by atoms with E-state index in [1.165, 1.54) is 30.4 Å².